The predicted molar refractivity (Wildman–Crippen MR) is 69.4 cm³/mol. The van der Waals surface area contributed by atoms with Crippen molar-refractivity contribution in [3.05, 3.63) is 53.6 Å². The maximum atomic E-state index is 6.11. The van der Waals surface area contributed by atoms with Crippen molar-refractivity contribution in [1.29, 1.82) is 0 Å². The van der Waals surface area contributed by atoms with E-state index >= 15 is 0 Å². The molecule has 1 aliphatic rings. The number of hydrogen-bond acceptors (Lipinski definition) is 0. The fourth-order valence-corrected chi connectivity index (χ4v) is 2.78. The zero-order valence-electron chi connectivity index (χ0n) is 9.62. The van der Waals surface area contributed by atoms with Gasteiger partial charge >= 0.3 is 0 Å². The molecule has 2 aromatic carbocycles. The molecule has 1 heteroatoms. The van der Waals surface area contributed by atoms with Crippen molar-refractivity contribution in [2.75, 3.05) is 0 Å². The highest BCUT2D eigenvalue weighted by atomic mass is 14.4. The minimum Gasteiger partial charge on any atom is -0.0887 e. The van der Waals surface area contributed by atoms with E-state index < -0.39 is 0 Å². The lowest BCUT2D eigenvalue weighted by atomic mass is 9.80. The second kappa shape index (κ2) is 3.01. The largest absolute Gasteiger partial charge is 0.114 e. The van der Waals surface area contributed by atoms with Gasteiger partial charge in [-0.1, -0.05) is 61.8 Å². The van der Waals surface area contributed by atoms with E-state index in [9.17, 15) is 0 Å². The zero-order valence-corrected chi connectivity index (χ0v) is 9.62. The Balaban J connectivity index is 2.45. The molecule has 0 atom stereocenters. The maximum absolute atomic E-state index is 6.11. The number of hydrogen-bond donors (Lipinski definition) is 0. The lowest BCUT2D eigenvalue weighted by Gasteiger charge is -2.21. The Kier molecular flexibility index (Phi) is 1.82. The minimum atomic E-state index is 0.0707. The van der Waals surface area contributed by atoms with Crippen LogP contribution in [0.15, 0.2) is 42.5 Å². The summed E-state index contributed by atoms with van der Waals surface area (Å²) in [5.41, 5.74) is 6.19. The minimum absolute atomic E-state index is 0.0707. The molecule has 0 N–H and O–H groups in total. The van der Waals surface area contributed by atoms with Gasteiger partial charge in [0, 0.05) is 5.41 Å². The van der Waals surface area contributed by atoms with Gasteiger partial charge in [0.15, 0.2) is 0 Å². The van der Waals surface area contributed by atoms with Crippen LogP contribution >= 0.6 is 0 Å². The summed E-state index contributed by atoms with van der Waals surface area (Å²) >= 11 is 0. The standard InChI is InChI=1S/C15H13B/c1-15(2)11-7-4-3-6-10(11)14-12(15)8-5-9-13(14)16/h3-9H,1-2H3. The van der Waals surface area contributed by atoms with Crippen molar-refractivity contribution < 1.29 is 0 Å². The molecule has 0 saturated heterocycles. The Bertz CT molecular complexity index is 567. The van der Waals surface area contributed by atoms with Gasteiger partial charge in [-0.05, 0) is 22.3 Å². The quantitative estimate of drug-likeness (QED) is 0.579. The van der Waals surface area contributed by atoms with Gasteiger partial charge in [-0.15, -0.1) is 0 Å². The van der Waals surface area contributed by atoms with Gasteiger partial charge in [-0.3, -0.25) is 0 Å². The van der Waals surface area contributed by atoms with Crippen molar-refractivity contribution in [1.82, 2.24) is 0 Å². The molecule has 0 nitrogen and oxygen atoms in total. The van der Waals surface area contributed by atoms with E-state index in [1.165, 1.54) is 22.3 Å². The van der Waals surface area contributed by atoms with Gasteiger partial charge in [-0.25, -0.2) is 0 Å². The van der Waals surface area contributed by atoms with Gasteiger partial charge in [0.25, 0.3) is 0 Å². The molecule has 2 aromatic rings. The second-order valence-corrected chi connectivity index (χ2v) is 4.94. The first-order valence-electron chi connectivity index (χ1n) is 5.61. The van der Waals surface area contributed by atoms with Crippen LogP contribution in [0, 0.1) is 0 Å². The average Bonchev–Trinajstić information content (AvgIpc) is 2.51. The average molecular weight is 204 g/mol. The van der Waals surface area contributed by atoms with Crippen LogP contribution in [0.1, 0.15) is 25.0 Å². The van der Waals surface area contributed by atoms with Crippen molar-refractivity contribution in [3.8, 4) is 11.1 Å². The molecule has 0 bridgehead atoms. The Labute approximate surface area is 97.7 Å². The third-order valence-corrected chi connectivity index (χ3v) is 3.64. The lowest BCUT2D eigenvalue weighted by molar-refractivity contribution is 0.660. The first-order chi connectivity index (χ1) is 7.62. The summed E-state index contributed by atoms with van der Waals surface area (Å²) in [5.74, 6) is 0. The van der Waals surface area contributed by atoms with Crippen LogP contribution in [-0.2, 0) is 5.41 Å². The van der Waals surface area contributed by atoms with Crippen molar-refractivity contribution >= 4 is 13.3 Å². The normalized spacial score (nSPS) is 15.6. The van der Waals surface area contributed by atoms with Crippen LogP contribution < -0.4 is 5.46 Å². The lowest BCUT2D eigenvalue weighted by Crippen LogP contribution is -2.16. The van der Waals surface area contributed by atoms with E-state index in [0.717, 1.165) is 5.46 Å². The van der Waals surface area contributed by atoms with Gasteiger partial charge in [0.2, 0.25) is 0 Å². The van der Waals surface area contributed by atoms with E-state index in [0.29, 0.717) is 0 Å². The fraction of sp³-hybridized carbons (Fsp3) is 0.200. The summed E-state index contributed by atoms with van der Waals surface area (Å²) in [6.45, 7) is 4.52. The van der Waals surface area contributed by atoms with Crippen LogP contribution in [0.25, 0.3) is 11.1 Å². The van der Waals surface area contributed by atoms with Gasteiger partial charge in [0.1, 0.15) is 7.85 Å². The van der Waals surface area contributed by atoms with E-state index in [2.05, 4.69) is 44.2 Å². The smallest absolute Gasteiger partial charge is 0.0887 e. The van der Waals surface area contributed by atoms with E-state index in [4.69, 9.17) is 7.85 Å². The Morgan fingerprint density at radius 2 is 1.56 bits per heavy atom. The van der Waals surface area contributed by atoms with Gasteiger partial charge < -0.3 is 0 Å². The molecule has 0 aliphatic heterocycles. The summed E-state index contributed by atoms with van der Waals surface area (Å²) in [6.07, 6.45) is 0. The molecule has 0 unspecified atom stereocenters. The van der Waals surface area contributed by atoms with Crippen LogP contribution in [-0.4, -0.2) is 7.85 Å². The molecule has 0 heterocycles. The zero-order chi connectivity index (χ0) is 11.3. The number of rotatable bonds is 0. The summed E-state index contributed by atoms with van der Waals surface area (Å²) < 4.78 is 0. The fourth-order valence-electron chi connectivity index (χ4n) is 2.78. The number of benzene rings is 2. The molecule has 16 heavy (non-hydrogen) atoms. The molecule has 3 rings (SSSR count). The first kappa shape index (κ1) is 9.71. The highest BCUT2D eigenvalue weighted by Gasteiger charge is 2.35. The van der Waals surface area contributed by atoms with E-state index in [1.807, 2.05) is 12.1 Å². The van der Waals surface area contributed by atoms with Crippen LogP contribution in [0.3, 0.4) is 0 Å². The van der Waals surface area contributed by atoms with Crippen molar-refractivity contribution in [2.45, 2.75) is 19.3 Å². The van der Waals surface area contributed by atoms with Crippen LogP contribution in [0.4, 0.5) is 0 Å². The second-order valence-electron chi connectivity index (χ2n) is 4.94. The van der Waals surface area contributed by atoms with Crippen molar-refractivity contribution in [2.24, 2.45) is 0 Å². The topological polar surface area (TPSA) is 0 Å². The molecule has 0 spiro atoms. The molecule has 0 amide bonds. The molecule has 76 valence electrons. The van der Waals surface area contributed by atoms with E-state index in [-0.39, 0.29) is 5.41 Å². The third kappa shape index (κ3) is 1.06. The Hall–Kier alpha value is -1.50. The monoisotopic (exact) mass is 204 g/mol. The molecular formula is C15H13B. The van der Waals surface area contributed by atoms with Gasteiger partial charge in [0.05, 0.1) is 0 Å². The number of fused-ring (bicyclic) bond motifs is 3. The van der Waals surface area contributed by atoms with Gasteiger partial charge in [-0.2, -0.15) is 0 Å². The molecule has 1 aliphatic carbocycles. The third-order valence-electron chi connectivity index (χ3n) is 3.64. The van der Waals surface area contributed by atoms with Crippen molar-refractivity contribution in [3.63, 3.8) is 0 Å². The molecule has 0 fully saturated rings. The summed E-state index contributed by atoms with van der Waals surface area (Å²) in [4.78, 5) is 0. The summed E-state index contributed by atoms with van der Waals surface area (Å²) in [6, 6.07) is 14.8. The summed E-state index contributed by atoms with van der Waals surface area (Å²) in [7, 11) is 6.11. The molecule has 0 saturated carbocycles. The van der Waals surface area contributed by atoms with E-state index in [1.54, 1.807) is 0 Å². The Morgan fingerprint density at radius 3 is 2.38 bits per heavy atom. The Morgan fingerprint density at radius 1 is 0.875 bits per heavy atom. The van der Waals surface area contributed by atoms with Crippen LogP contribution in [0.5, 0.6) is 0 Å². The SMILES string of the molecule is [B]c1cccc2c1-c1ccccc1C2(C)C. The first-order valence-corrected chi connectivity index (χ1v) is 5.61. The highest BCUT2D eigenvalue weighted by Crippen LogP contribution is 2.47. The predicted octanol–water partition coefficient (Wildman–Crippen LogP) is 2.79. The maximum Gasteiger partial charge on any atom is 0.114 e. The molecule has 2 radical (unpaired) electrons. The highest BCUT2D eigenvalue weighted by molar-refractivity contribution is 6.36. The van der Waals surface area contributed by atoms with Crippen LogP contribution in [0.2, 0.25) is 0 Å². The molecular weight excluding hydrogens is 191 g/mol. The molecule has 0 aromatic heterocycles. The summed E-state index contributed by atoms with van der Waals surface area (Å²) in [5, 5.41) is 0.